The number of ether oxygens (including phenoxy) is 1. The maximum Gasteiger partial charge on any atom is 0.337 e. The number of rotatable bonds is 6. The van der Waals surface area contributed by atoms with Crippen molar-refractivity contribution in [3.8, 4) is 0 Å². The predicted octanol–water partition coefficient (Wildman–Crippen LogP) is 1.97. The van der Waals surface area contributed by atoms with Gasteiger partial charge in [0.2, 0.25) is 10.0 Å². The van der Waals surface area contributed by atoms with Crippen LogP contribution in [0.2, 0.25) is 0 Å². The van der Waals surface area contributed by atoms with Gasteiger partial charge < -0.3 is 4.74 Å². The summed E-state index contributed by atoms with van der Waals surface area (Å²) in [7, 11) is -4.47. The first-order chi connectivity index (χ1) is 12.9. The molecule has 1 N–H and O–H groups in total. The lowest BCUT2D eigenvalue weighted by Gasteiger charge is -2.15. The molecular weight excluding hydrogens is 411 g/mol. The molecule has 0 atom stereocenters. The largest absolute Gasteiger partial charge is 0.465 e. The number of methoxy groups -OCH3 is 1. The van der Waals surface area contributed by atoms with E-state index in [2.05, 4.69) is 9.46 Å². The van der Waals surface area contributed by atoms with Gasteiger partial charge in [0.05, 0.1) is 23.3 Å². The molecule has 0 saturated carbocycles. The van der Waals surface area contributed by atoms with Crippen molar-refractivity contribution in [3.05, 3.63) is 53.3 Å². The molecule has 0 aromatic heterocycles. The minimum atomic E-state index is -4.45. The van der Waals surface area contributed by atoms with Crippen molar-refractivity contribution in [2.24, 2.45) is 0 Å². The van der Waals surface area contributed by atoms with Crippen LogP contribution in [0.1, 0.15) is 15.9 Å². The number of nitrogens with one attached hydrogen (secondary N) is 1. The van der Waals surface area contributed by atoms with Gasteiger partial charge in [-0.15, -0.1) is 0 Å². The van der Waals surface area contributed by atoms with Crippen LogP contribution in [-0.2, 0) is 24.8 Å². The van der Waals surface area contributed by atoms with E-state index in [9.17, 15) is 26.0 Å². The Morgan fingerprint density at radius 3 is 2.29 bits per heavy atom. The summed E-state index contributed by atoms with van der Waals surface area (Å²) in [5.74, 6) is -1.90. The van der Waals surface area contributed by atoms with E-state index < -0.39 is 36.7 Å². The number of carbonyl (C=O) groups excluding carboxylic acids is 1. The van der Waals surface area contributed by atoms with Crippen LogP contribution in [0.25, 0.3) is 0 Å². The van der Waals surface area contributed by atoms with Crippen LogP contribution < -0.4 is 4.72 Å². The van der Waals surface area contributed by atoms with Crippen molar-refractivity contribution in [2.45, 2.75) is 16.7 Å². The Bertz CT molecular complexity index is 1130. The standard InChI is InChI=1S/C17H19FN2O6S2/c1-11-5-7-13(28(24,25)20(2)3)10-15(11)19-27(22,23)16-9-12(17(21)26-4)6-8-14(16)18/h5-10,19H,1-4H3. The molecule has 2 aromatic carbocycles. The number of nitrogens with zero attached hydrogens (tertiary/aromatic N) is 1. The summed E-state index contributed by atoms with van der Waals surface area (Å²) in [6.07, 6.45) is 0. The van der Waals surface area contributed by atoms with Crippen molar-refractivity contribution in [2.75, 3.05) is 25.9 Å². The molecule has 152 valence electrons. The molecule has 2 rings (SSSR count). The van der Waals surface area contributed by atoms with E-state index >= 15 is 0 Å². The third-order valence-electron chi connectivity index (χ3n) is 3.87. The third-order valence-corrected chi connectivity index (χ3v) is 7.07. The van der Waals surface area contributed by atoms with E-state index in [4.69, 9.17) is 0 Å². The third kappa shape index (κ3) is 4.32. The molecule has 0 aliphatic rings. The summed E-state index contributed by atoms with van der Waals surface area (Å²) < 4.78 is 71.7. The first kappa shape index (κ1) is 21.8. The molecule has 2 aromatic rings. The van der Waals surface area contributed by atoms with Crippen LogP contribution in [0.15, 0.2) is 46.2 Å². The molecule has 0 amide bonds. The molecule has 0 fully saturated rings. The molecule has 0 saturated heterocycles. The van der Waals surface area contributed by atoms with E-state index in [0.29, 0.717) is 5.56 Å². The highest BCUT2D eigenvalue weighted by Crippen LogP contribution is 2.26. The van der Waals surface area contributed by atoms with Gasteiger partial charge in [-0.1, -0.05) is 6.07 Å². The van der Waals surface area contributed by atoms with Gasteiger partial charge in [-0.3, -0.25) is 4.72 Å². The zero-order chi connectivity index (χ0) is 21.3. The summed E-state index contributed by atoms with van der Waals surface area (Å²) in [5, 5.41) is 0. The lowest BCUT2D eigenvalue weighted by molar-refractivity contribution is 0.0600. The topological polar surface area (TPSA) is 110 Å². The number of aryl methyl sites for hydroxylation is 1. The minimum absolute atomic E-state index is 0.0363. The minimum Gasteiger partial charge on any atom is -0.465 e. The number of sulfonamides is 2. The Labute approximate surface area is 163 Å². The van der Waals surface area contributed by atoms with Gasteiger partial charge in [-0.05, 0) is 42.8 Å². The fourth-order valence-corrected chi connectivity index (χ4v) is 4.39. The highest BCUT2D eigenvalue weighted by molar-refractivity contribution is 7.92. The zero-order valence-corrected chi connectivity index (χ0v) is 17.2. The Hall–Kier alpha value is -2.50. The molecule has 0 bridgehead atoms. The fraction of sp³-hybridized carbons (Fsp3) is 0.235. The molecule has 0 aliphatic heterocycles. The molecule has 0 radical (unpaired) electrons. The lowest BCUT2D eigenvalue weighted by Crippen LogP contribution is -2.22. The predicted molar refractivity (Wildman–Crippen MR) is 101 cm³/mol. The van der Waals surface area contributed by atoms with E-state index in [0.717, 1.165) is 35.7 Å². The molecule has 0 heterocycles. The van der Waals surface area contributed by atoms with Crippen molar-refractivity contribution < 1.29 is 30.8 Å². The highest BCUT2D eigenvalue weighted by atomic mass is 32.2. The van der Waals surface area contributed by atoms with E-state index in [1.54, 1.807) is 6.92 Å². The first-order valence-corrected chi connectivity index (χ1v) is 10.8. The Morgan fingerprint density at radius 1 is 1.07 bits per heavy atom. The maximum absolute atomic E-state index is 14.1. The van der Waals surface area contributed by atoms with Gasteiger partial charge in [-0.25, -0.2) is 30.3 Å². The van der Waals surface area contributed by atoms with Gasteiger partial charge in [0.25, 0.3) is 10.0 Å². The van der Waals surface area contributed by atoms with E-state index in [-0.39, 0.29) is 16.1 Å². The van der Waals surface area contributed by atoms with Gasteiger partial charge in [0.15, 0.2) is 0 Å². The second kappa shape index (κ2) is 7.86. The zero-order valence-electron chi connectivity index (χ0n) is 15.6. The number of esters is 1. The van der Waals surface area contributed by atoms with Crippen molar-refractivity contribution in [1.82, 2.24) is 4.31 Å². The maximum atomic E-state index is 14.1. The van der Waals surface area contributed by atoms with Gasteiger partial charge in [0, 0.05) is 14.1 Å². The smallest absolute Gasteiger partial charge is 0.337 e. The number of anilines is 1. The highest BCUT2D eigenvalue weighted by Gasteiger charge is 2.24. The average Bonchev–Trinajstić information content (AvgIpc) is 2.62. The quantitative estimate of drug-likeness (QED) is 0.702. The van der Waals surface area contributed by atoms with Gasteiger partial charge >= 0.3 is 5.97 Å². The SMILES string of the molecule is COC(=O)c1ccc(F)c(S(=O)(=O)Nc2cc(S(=O)(=O)N(C)C)ccc2C)c1. The molecule has 8 nitrogen and oxygen atoms in total. The van der Waals surface area contributed by atoms with Crippen LogP contribution in [-0.4, -0.2) is 48.3 Å². The molecule has 0 aliphatic carbocycles. The summed E-state index contributed by atoms with van der Waals surface area (Å²) in [6, 6.07) is 6.68. The first-order valence-electron chi connectivity index (χ1n) is 7.84. The van der Waals surface area contributed by atoms with Crippen LogP contribution in [0, 0.1) is 12.7 Å². The second-order valence-corrected chi connectivity index (χ2v) is 9.81. The summed E-state index contributed by atoms with van der Waals surface area (Å²) in [6.45, 7) is 1.56. The van der Waals surface area contributed by atoms with E-state index in [1.165, 1.54) is 26.2 Å². The van der Waals surface area contributed by atoms with Crippen LogP contribution >= 0.6 is 0 Å². The number of hydrogen-bond donors (Lipinski definition) is 1. The molecule has 0 spiro atoms. The monoisotopic (exact) mass is 430 g/mol. The average molecular weight is 430 g/mol. The van der Waals surface area contributed by atoms with Gasteiger partial charge in [-0.2, -0.15) is 0 Å². The van der Waals surface area contributed by atoms with Crippen LogP contribution in [0.4, 0.5) is 10.1 Å². The van der Waals surface area contributed by atoms with Crippen LogP contribution in [0.5, 0.6) is 0 Å². The van der Waals surface area contributed by atoms with Crippen LogP contribution in [0.3, 0.4) is 0 Å². The molecule has 11 heteroatoms. The summed E-state index contributed by atoms with van der Waals surface area (Å²) >= 11 is 0. The number of benzene rings is 2. The number of halogens is 1. The summed E-state index contributed by atoms with van der Waals surface area (Å²) in [5.41, 5.74) is 0.238. The van der Waals surface area contributed by atoms with E-state index in [1.807, 2.05) is 0 Å². The molecular formula is C17H19FN2O6S2. The second-order valence-electron chi connectivity index (χ2n) is 6.01. The Kier molecular flexibility index (Phi) is 6.12. The lowest BCUT2D eigenvalue weighted by atomic mass is 10.2. The Morgan fingerprint density at radius 2 is 1.71 bits per heavy atom. The number of hydrogen-bond acceptors (Lipinski definition) is 6. The normalized spacial score (nSPS) is 12.1. The number of carbonyl (C=O) groups is 1. The van der Waals surface area contributed by atoms with Crippen molar-refractivity contribution in [3.63, 3.8) is 0 Å². The fourth-order valence-electron chi connectivity index (χ4n) is 2.24. The van der Waals surface area contributed by atoms with Crippen molar-refractivity contribution >= 4 is 31.7 Å². The van der Waals surface area contributed by atoms with Crippen molar-refractivity contribution in [1.29, 1.82) is 0 Å². The Balaban J connectivity index is 2.52. The van der Waals surface area contributed by atoms with Gasteiger partial charge in [0.1, 0.15) is 10.7 Å². The molecule has 28 heavy (non-hydrogen) atoms. The summed E-state index contributed by atoms with van der Waals surface area (Å²) in [4.78, 5) is 10.7. The molecule has 0 unspecified atom stereocenters.